The van der Waals surface area contributed by atoms with Crippen LogP contribution in [0, 0.1) is 0 Å². The van der Waals surface area contributed by atoms with Crippen LogP contribution in [0.1, 0.15) is 10.4 Å². The molecule has 0 aliphatic heterocycles. The van der Waals surface area contributed by atoms with Crippen molar-refractivity contribution in [3.05, 3.63) is 23.8 Å². The largest absolute Gasteiger partial charge is 0.768 e. The van der Waals surface area contributed by atoms with Crippen molar-refractivity contribution in [2.24, 2.45) is 0 Å². The summed E-state index contributed by atoms with van der Waals surface area (Å²) in [6.07, 6.45) is 0.152. The maximum absolute atomic E-state index is 10.7. The van der Waals surface area contributed by atoms with Gasteiger partial charge in [0, 0.05) is 10.5 Å². The zero-order valence-electron chi connectivity index (χ0n) is 7.11. The molecule has 0 aliphatic carbocycles. The van der Waals surface area contributed by atoms with E-state index < -0.39 is 31.7 Å². The highest BCUT2D eigenvalue weighted by Gasteiger charge is 2.15. The van der Waals surface area contributed by atoms with Crippen LogP contribution in [0.2, 0.25) is 0 Å². The van der Waals surface area contributed by atoms with E-state index >= 15 is 0 Å². The summed E-state index contributed by atoms with van der Waals surface area (Å²) in [6, 6.07) is 2.68. The normalized spacial score (nSPS) is 13.5. The van der Waals surface area contributed by atoms with E-state index in [9.17, 15) is 22.0 Å². The second-order valence-corrected chi connectivity index (χ2v) is 4.86. The summed E-state index contributed by atoms with van der Waals surface area (Å²) in [7, 11) is -4.52. The summed E-state index contributed by atoms with van der Waals surface area (Å²) in [5.74, 6) is 0. The minimum absolute atomic E-state index is 0.152. The highest BCUT2D eigenvalue weighted by molar-refractivity contribution is 7.86. The van der Waals surface area contributed by atoms with E-state index in [2.05, 4.69) is 0 Å². The highest BCUT2D eigenvalue weighted by Crippen LogP contribution is 2.17. The standard InChI is InChI=1S/C7H6O6S2/c8-4-5-3-6(14(9)10)1-2-7(5)15(11,12)13/h1-4H,(H,9,10)(H,11,12,13)/p-1. The average Bonchev–Trinajstić information content (AvgIpc) is 2.15. The van der Waals surface area contributed by atoms with Gasteiger partial charge in [-0.05, 0) is 29.3 Å². The first-order valence-electron chi connectivity index (χ1n) is 3.52. The number of aldehydes is 1. The Bertz CT molecular complexity index is 518. The monoisotopic (exact) mass is 249 g/mol. The molecule has 1 rings (SSSR count). The molecular formula is C7H5O6S2-. The molecule has 0 amide bonds. The Balaban J connectivity index is 3.47. The molecule has 0 bridgehead atoms. The van der Waals surface area contributed by atoms with Crippen LogP contribution in [0.15, 0.2) is 28.0 Å². The van der Waals surface area contributed by atoms with Crippen molar-refractivity contribution in [1.82, 2.24) is 0 Å². The molecule has 1 aromatic carbocycles. The molecule has 6 nitrogen and oxygen atoms in total. The molecule has 0 heterocycles. The first-order valence-corrected chi connectivity index (χ1v) is 6.03. The fourth-order valence-electron chi connectivity index (χ4n) is 0.957. The van der Waals surface area contributed by atoms with Crippen molar-refractivity contribution in [2.45, 2.75) is 9.79 Å². The smallest absolute Gasteiger partial charge is 0.295 e. The quantitative estimate of drug-likeness (QED) is 0.458. The molecule has 0 aliphatic rings. The van der Waals surface area contributed by atoms with E-state index in [1.807, 2.05) is 0 Å². The lowest BCUT2D eigenvalue weighted by Gasteiger charge is -2.07. The van der Waals surface area contributed by atoms with Gasteiger partial charge in [-0.15, -0.1) is 0 Å². The van der Waals surface area contributed by atoms with Crippen molar-refractivity contribution in [1.29, 1.82) is 0 Å². The molecule has 0 spiro atoms. The van der Waals surface area contributed by atoms with Gasteiger partial charge in [0.2, 0.25) is 0 Å². The SMILES string of the molecule is O=Cc1cc(S(=O)[O-])ccc1S(=O)(=O)O. The fourth-order valence-corrected chi connectivity index (χ4v) is 2.00. The molecule has 0 radical (unpaired) electrons. The molecule has 82 valence electrons. The van der Waals surface area contributed by atoms with E-state index in [0.717, 1.165) is 18.2 Å². The molecular weight excluding hydrogens is 244 g/mol. The van der Waals surface area contributed by atoms with E-state index in [-0.39, 0.29) is 11.2 Å². The fraction of sp³-hybridized carbons (Fsp3) is 0. The van der Waals surface area contributed by atoms with Crippen LogP contribution in [-0.2, 0) is 21.2 Å². The summed E-state index contributed by atoms with van der Waals surface area (Å²) in [6.45, 7) is 0. The summed E-state index contributed by atoms with van der Waals surface area (Å²) in [5.41, 5.74) is -0.404. The Morgan fingerprint density at radius 3 is 2.40 bits per heavy atom. The zero-order chi connectivity index (χ0) is 11.6. The second kappa shape index (κ2) is 4.19. The van der Waals surface area contributed by atoms with E-state index in [1.165, 1.54) is 0 Å². The Hall–Kier alpha value is -1.09. The van der Waals surface area contributed by atoms with Crippen LogP contribution in [0.3, 0.4) is 0 Å². The van der Waals surface area contributed by atoms with Gasteiger partial charge in [-0.25, -0.2) is 0 Å². The van der Waals surface area contributed by atoms with Crippen molar-refractivity contribution >= 4 is 27.5 Å². The molecule has 0 aromatic heterocycles. The van der Waals surface area contributed by atoms with Gasteiger partial charge in [0.15, 0.2) is 6.29 Å². The molecule has 0 saturated heterocycles. The van der Waals surface area contributed by atoms with Gasteiger partial charge >= 0.3 is 0 Å². The van der Waals surface area contributed by atoms with Gasteiger partial charge in [0.25, 0.3) is 10.1 Å². The lowest BCUT2D eigenvalue weighted by Crippen LogP contribution is -2.03. The third-order valence-corrected chi connectivity index (χ3v) is 3.15. The predicted octanol–water partition coefficient (Wildman–Crippen LogP) is -0.0162. The van der Waals surface area contributed by atoms with Crippen molar-refractivity contribution in [2.75, 3.05) is 0 Å². The Kier molecular flexibility index (Phi) is 3.35. The maximum Gasteiger partial charge on any atom is 0.295 e. The summed E-state index contributed by atoms with van der Waals surface area (Å²) in [5, 5.41) is 0. The first kappa shape index (κ1) is 12.0. The van der Waals surface area contributed by atoms with Crippen LogP contribution in [0.5, 0.6) is 0 Å². The van der Waals surface area contributed by atoms with Crippen molar-refractivity contribution in [3.8, 4) is 0 Å². The van der Waals surface area contributed by atoms with E-state index in [4.69, 9.17) is 4.55 Å². The van der Waals surface area contributed by atoms with Gasteiger partial charge in [-0.1, -0.05) is 0 Å². The lowest BCUT2D eigenvalue weighted by molar-refractivity contribution is 0.112. The van der Waals surface area contributed by atoms with Crippen LogP contribution >= 0.6 is 0 Å². The topological polar surface area (TPSA) is 112 Å². The van der Waals surface area contributed by atoms with Crippen molar-refractivity contribution in [3.63, 3.8) is 0 Å². The number of hydrogen-bond acceptors (Lipinski definition) is 5. The maximum atomic E-state index is 10.7. The molecule has 1 N–H and O–H groups in total. The Morgan fingerprint density at radius 1 is 1.40 bits per heavy atom. The number of carbonyl (C=O) groups is 1. The second-order valence-electron chi connectivity index (χ2n) is 2.53. The first-order chi connectivity index (χ1) is 6.86. The summed E-state index contributed by atoms with van der Waals surface area (Å²) < 4.78 is 51.2. The third kappa shape index (κ3) is 2.69. The number of carbonyl (C=O) groups excluding carboxylic acids is 1. The highest BCUT2D eigenvalue weighted by atomic mass is 32.2. The summed E-state index contributed by atoms with van der Waals surface area (Å²) >= 11 is -2.56. The third-order valence-electron chi connectivity index (χ3n) is 1.58. The van der Waals surface area contributed by atoms with Crippen LogP contribution in [0.4, 0.5) is 0 Å². The van der Waals surface area contributed by atoms with E-state index in [0.29, 0.717) is 0 Å². The lowest BCUT2D eigenvalue weighted by atomic mass is 10.2. The Morgan fingerprint density at radius 2 is 2.00 bits per heavy atom. The van der Waals surface area contributed by atoms with Gasteiger partial charge < -0.3 is 4.55 Å². The molecule has 1 atom stereocenters. The van der Waals surface area contributed by atoms with E-state index in [1.54, 1.807) is 0 Å². The Labute approximate surface area is 88.0 Å². The minimum Gasteiger partial charge on any atom is -0.768 e. The van der Waals surface area contributed by atoms with Crippen LogP contribution in [0.25, 0.3) is 0 Å². The number of hydrogen-bond donors (Lipinski definition) is 1. The molecule has 1 unspecified atom stereocenters. The van der Waals surface area contributed by atoms with Gasteiger partial charge in [0.05, 0.1) is 0 Å². The molecule has 0 fully saturated rings. The van der Waals surface area contributed by atoms with Crippen LogP contribution < -0.4 is 0 Å². The number of rotatable bonds is 3. The van der Waals surface area contributed by atoms with Gasteiger partial charge in [-0.2, -0.15) is 8.42 Å². The number of benzene rings is 1. The molecule has 8 heteroatoms. The average molecular weight is 249 g/mol. The van der Waals surface area contributed by atoms with Gasteiger partial charge in [-0.3, -0.25) is 13.6 Å². The van der Waals surface area contributed by atoms with Crippen LogP contribution in [-0.4, -0.2) is 28.0 Å². The van der Waals surface area contributed by atoms with Crippen molar-refractivity contribution < 1.29 is 26.5 Å². The minimum atomic E-state index is -4.52. The molecule has 0 saturated carbocycles. The predicted molar refractivity (Wildman–Crippen MR) is 48.8 cm³/mol. The zero-order valence-corrected chi connectivity index (χ0v) is 8.75. The molecule has 1 aromatic rings. The molecule has 15 heavy (non-hydrogen) atoms. The van der Waals surface area contributed by atoms with Gasteiger partial charge in [0.1, 0.15) is 4.90 Å². The summed E-state index contributed by atoms with van der Waals surface area (Å²) in [4.78, 5) is 9.62.